The average Bonchev–Trinajstić information content (AvgIpc) is 3.27. The van der Waals surface area contributed by atoms with Crippen molar-refractivity contribution in [3.63, 3.8) is 0 Å². The summed E-state index contributed by atoms with van der Waals surface area (Å²) >= 11 is 3.20. The van der Waals surface area contributed by atoms with Crippen LogP contribution in [-0.4, -0.2) is 17.9 Å². The number of ether oxygens (including phenoxy) is 1. The minimum absolute atomic E-state index is 0.134. The third kappa shape index (κ3) is 3.83. The number of hydrogen-bond acceptors (Lipinski definition) is 4. The van der Waals surface area contributed by atoms with Gasteiger partial charge >= 0.3 is 0 Å². The fraction of sp³-hybridized carbons (Fsp3) is 0.167. The summed E-state index contributed by atoms with van der Waals surface area (Å²) in [5.74, 6) is -0.594. The van der Waals surface area contributed by atoms with Crippen LogP contribution in [0.3, 0.4) is 0 Å². The first kappa shape index (κ1) is 16.7. The lowest BCUT2D eigenvalue weighted by Gasteiger charge is -2.22. The highest BCUT2D eigenvalue weighted by atomic mass is 32.1. The number of hydrogen-bond donors (Lipinski definition) is 0. The molecule has 0 unspecified atom stereocenters. The molecule has 0 N–H and O–H groups in total. The molecule has 124 valence electrons. The van der Waals surface area contributed by atoms with E-state index in [9.17, 15) is 9.18 Å². The van der Waals surface area contributed by atoms with Crippen LogP contribution in [0.2, 0.25) is 0 Å². The summed E-state index contributed by atoms with van der Waals surface area (Å²) in [5.41, 5.74) is 0.321. The number of amides is 1. The normalized spacial score (nSPS) is 10.6. The lowest BCUT2D eigenvalue weighted by atomic mass is 10.1. The summed E-state index contributed by atoms with van der Waals surface area (Å²) in [6, 6.07) is 12.2. The van der Waals surface area contributed by atoms with Gasteiger partial charge in [-0.15, -0.1) is 22.7 Å². The first-order valence-electron chi connectivity index (χ1n) is 7.35. The van der Waals surface area contributed by atoms with Gasteiger partial charge in [0.2, 0.25) is 0 Å². The summed E-state index contributed by atoms with van der Waals surface area (Å²) in [6.07, 6.45) is 0. The molecule has 6 heteroatoms. The second-order valence-electron chi connectivity index (χ2n) is 5.17. The molecule has 2 aromatic heterocycles. The highest BCUT2D eigenvalue weighted by Crippen LogP contribution is 2.22. The van der Waals surface area contributed by atoms with E-state index in [4.69, 9.17) is 4.74 Å². The molecule has 24 heavy (non-hydrogen) atoms. The molecule has 0 aliphatic carbocycles. The zero-order valence-electron chi connectivity index (χ0n) is 13.1. The predicted molar refractivity (Wildman–Crippen MR) is 95.2 cm³/mol. The largest absolute Gasteiger partial charge is 0.494 e. The van der Waals surface area contributed by atoms with Gasteiger partial charge in [0, 0.05) is 15.3 Å². The Morgan fingerprint density at radius 3 is 2.17 bits per heavy atom. The van der Waals surface area contributed by atoms with E-state index in [0.29, 0.717) is 18.7 Å². The lowest BCUT2D eigenvalue weighted by Crippen LogP contribution is -2.29. The fourth-order valence-electron chi connectivity index (χ4n) is 2.36. The number of benzene rings is 1. The second kappa shape index (κ2) is 7.59. The molecule has 1 aromatic carbocycles. The van der Waals surface area contributed by atoms with Crippen LogP contribution in [0.15, 0.2) is 53.2 Å². The van der Waals surface area contributed by atoms with Gasteiger partial charge in [-0.3, -0.25) is 4.79 Å². The number of rotatable bonds is 6. The summed E-state index contributed by atoms with van der Waals surface area (Å²) in [7, 11) is 1.40. The molecule has 0 saturated carbocycles. The van der Waals surface area contributed by atoms with Gasteiger partial charge in [-0.05, 0) is 41.1 Å². The molecule has 0 fully saturated rings. The van der Waals surface area contributed by atoms with E-state index in [2.05, 4.69) is 0 Å². The number of carbonyl (C=O) groups is 1. The zero-order chi connectivity index (χ0) is 16.9. The Hall–Kier alpha value is -2.18. The van der Waals surface area contributed by atoms with Gasteiger partial charge in [0.25, 0.3) is 5.91 Å². The second-order valence-corrected chi connectivity index (χ2v) is 7.23. The highest BCUT2D eigenvalue weighted by Gasteiger charge is 2.19. The Morgan fingerprint density at radius 1 is 1.08 bits per heavy atom. The molecule has 0 atom stereocenters. The summed E-state index contributed by atoms with van der Waals surface area (Å²) in [4.78, 5) is 16.8. The Balaban J connectivity index is 1.85. The quantitative estimate of drug-likeness (QED) is 0.631. The molecule has 0 bridgehead atoms. The highest BCUT2D eigenvalue weighted by molar-refractivity contribution is 7.10. The van der Waals surface area contributed by atoms with E-state index in [0.717, 1.165) is 9.75 Å². The Labute approximate surface area is 147 Å². The Bertz CT molecular complexity index is 764. The van der Waals surface area contributed by atoms with Crippen molar-refractivity contribution >= 4 is 28.6 Å². The molecule has 1 amide bonds. The van der Waals surface area contributed by atoms with Crippen molar-refractivity contribution in [3.8, 4) is 5.75 Å². The monoisotopic (exact) mass is 361 g/mol. The van der Waals surface area contributed by atoms with E-state index >= 15 is 0 Å². The maximum Gasteiger partial charge on any atom is 0.254 e. The molecule has 3 rings (SSSR count). The average molecular weight is 361 g/mol. The SMILES string of the molecule is COc1ccc(C(=O)N(Cc2cccs2)Cc2cccs2)cc1F. The standard InChI is InChI=1S/C18H16FNO2S2/c1-22-17-7-6-13(10-16(17)19)18(21)20(11-14-4-2-8-23-14)12-15-5-3-9-24-15/h2-10H,11-12H2,1H3. The van der Waals surface area contributed by atoms with Gasteiger partial charge < -0.3 is 9.64 Å². The van der Waals surface area contributed by atoms with Gasteiger partial charge in [-0.2, -0.15) is 0 Å². The van der Waals surface area contributed by atoms with Crippen LogP contribution in [0.1, 0.15) is 20.1 Å². The minimum Gasteiger partial charge on any atom is -0.494 e. The Kier molecular flexibility index (Phi) is 5.27. The summed E-state index contributed by atoms with van der Waals surface area (Å²) < 4.78 is 18.9. The van der Waals surface area contributed by atoms with Crippen molar-refractivity contribution in [2.24, 2.45) is 0 Å². The van der Waals surface area contributed by atoms with Gasteiger partial charge in [-0.25, -0.2) is 4.39 Å². The predicted octanol–water partition coefficient (Wildman–Crippen LogP) is 4.80. The molecular weight excluding hydrogens is 345 g/mol. The van der Waals surface area contributed by atoms with E-state index < -0.39 is 5.82 Å². The van der Waals surface area contributed by atoms with Crippen molar-refractivity contribution in [3.05, 3.63) is 74.4 Å². The van der Waals surface area contributed by atoms with E-state index in [1.54, 1.807) is 33.6 Å². The van der Waals surface area contributed by atoms with E-state index in [-0.39, 0.29) is 11.7 Å². The van der Waals surface area contributed by atoms with Crippen LogP contribution in [-0.2, 0) is 13.1 Å². The topological polar surface area (TPSA) is 29.5 Å². The lowest BCUT2D eigenvalue weighted by molar-refractivity contribution is 0.0733. The van der Waals surface area contributed by atoms with Crippen LogP contribution >= 0.6 is 22.7 Å². The number of carbonyl (C=O) groups excluding carboxylic acids is 1. The molecule has 0 spiro atoms. The molecule has 0 radical (unpaired) electrons. The molecule has 0 saturated heterocycles. The minimum atomic E-state index is -0.532. The number of thiophene rings is 2. The molecule has 3 nitrogen and oxygen atoms in total. The third-order valence-corrected chi connectivity index (χ3v) is 5.26. The number of nitrogens with zero attached hydrogens (tertiary/aromatic N) is 1. The van der Waals surface area contributed by atoms with Gasteiger partial charge in [0.1, 0.15) is 0 Å². The van der Waals surface area contributed by atoms with E-state index in [1.807, 2.05) is 35.0 Å². The number of halogens is 1. The summed E-state index contributed by atoms with van der Waals surface area (Å²) in [6.45, 7) is 1.00. The van der Waals surface area contributed by atoms with Gasteiger partial charge in [0.05, 0.1) is 20.2 Å². The van der Waals surface area contributed by atoms with Crippen molar-refractivity contribution in [1.82, 2.24) is 4.90 Å². The van der Waals surface area contributed by atoms with Crippen LogP contribution in [0.25, 0.3) is 0 Å². The maximum absolute atomic E-state index is 13.9. The first-order chi connectivity index (χ1) is 11.7. The van der Waals surface area contributed by atoms with Crippen molar-refractivity contribution < 1.29 is 13.9 Å². The first-order valence-corrected chi connectivity index (χ1v) is 9.11. The maximum atomic E-state index is 13.9. The van der Waals surface area contributed by atoms with Crippen LogP contribution in [0, 0.1) is 5.82 Å². The molecule has 2 heterocycles. The summed E-state index contributed by atoms with van der Waals surface area (Å²) in [5, 5.41) is 3.96. The zero-order valence-corrected chi connectivity index (χ0v) is 14.7. The van der Waals surface area contributed by atoms with Crippen LogP contribution in [0.5, 0.6) is 5.75 Å². The third-order valence-electron chi connectivity index (χ3n) is 3.54. The molecular formula is C18H16FNO2S2. The molecule has 3 aromatic rings. The van der Waals surface area contributed by atoms with Crippen molar-refractivity contribution in [2.45, 2.75) is 13.1 Å². The van der Waals surface area contributed by atoms with Gasteiger partial charge in [-0.1, -0.05) is 12.1 Å². The fourth-order valence-corrected chi connectivity index (χ4v) is 3.80. The number of methoxy groups -OCH3 is 1. The van der Waals surface area contributed by atoms with Crippen LogP contribution < -0.4 is 4.74 Å². The van der Waals surface area contributed by atoms with Crippen molar-refractivity contribution in [1.29, 1.82) is 0 Å². The van der Waals surface area contributed by atoms with Crippen molar-refractivity contribution in [2.75, 3.05) is 7.11 Å². The van der Waals surface area contributed by atoms with E-state index in [1.165, 1.54) is 19.2 Å². The Morgan fingerprint density at radius 2 is 1.71 bits per heavy atom. The van der Waals surface area contributed by atoms with Crippen LogP contribution in [0.4, 0.5) is 4.39 Å². The molecule has 0 aliphatic heterocycles. The molecule has 0 aliphatic rings. The van der Waals surface area contributed by atoms with Gasteiger partial charge in [0.15, 0.2) is 11.6 Å². The smallest absolute Gasteiger partial charge is 0.254 e.